The fourth-order valence-electron chi connectivity index (χ4n) is 2.11. The molecule has 0 aliphatic carbocycles. The van der Waals surface area contributed by atoms with Gasteiger partial charge in [-0.05, 0) is 31.1 Å². The normalized spacial score (nSPS) is 11.7. The van der Waals surface area contributed by atoms with Crippen molar-refractivity contribution in [2.45, 2.75) is 26.2 Å². The van der Waals surface area contributed by atoms with Crippen LogP contribution in [0.1, 0.15) is 25.5 Å². The van der Waals surface area contributed by atoms with E-state index in [2.05, 4.69) is 4.98 Å². The van der Waals surface area contributed by atoms with Gasteiger partial charge in [0, 0.05) is 29.1 Å². The third-order valence-electron chi connectivity index (χ3n) is 3.20. The van der Waals surface area contributed by atoms with Crippen LogP contribution in [0.5, 0.6) is 0 Å². The lowest BCUT2D eigenvalue weighted by Crippen LogP contribution is -2.06. The van der Waals surface area contributed by atoms with Crippen LogP contribution in [0.3, 0.4) is 0 Å². The van der Waals surface area contributed by atoms with Crippen molar-refractivity contribution in [3.05, 3.63) is 70.6 Å². The van der Waals surface area contributed by atoms with E-state index in [1.54, 1.807) is 24.3 Å². The first kappa shape index (κ1) is 15.0. The van der Waals surface area contributed by atoms with Gasteiger partial charge in [0.2, 0.25) is 0 Å². The highest BCUT2D eigenvalue weighted by Crippen LogP contribution is 2.08. The van der Waals surface area contributed by atoms with E-state index >= 15 is 0 Å². The summed E-state index contributed by atoms with van der Waals surface area (Å²) in [5, 5.41) is 0.678. The van der Waals surface area contributed by atoms with Crippen molar-refractivity contribution in [3.8, 4) is 0 Å². The Morgan fingerprint density at radius 3 is 2.86 bits per heavy atom. The molecule has 0 saturated heterocycles. The molecule has 0 radical (unpaired) electrons. The molecule has 108 valence electrons. The Kier molecular flexibility index (Phi) is 5.27. The topological polar surface area (TPSA) is 49.9 Å². The molecule has 0 fully saturated rings. The van der Waals surface area contributed by atoms with E-state index in [4.69, 9.17) is 0 Å². The first-order chi connectivity index (χ1) is 10.2. The van der Waals surface area contributed by atoms with Gasteiger partial charge in [-0.25, -0.2) is 0 Å². The molecule has 1 aromatic heterocycles. The number of pyridine rings is 1. The van der Waals surface area contributed by atoms with E-state index in [1.807, 2.05) is 37.3 Å². The van der Waals surface area contributed by atoms with Crippen molar-refractivity contribution < 1.29 is 4.79 Å². The molecule has 1 aromatic carbocycles. The smallest absolute Gasteiger partial charge is 0.189 e. The van der Waals surface area contributed by atoms with Crippen molar-refractivity contribution in [1.29, 1.82) is 0 Å². The molecular weight excluding hydrogens is 262 g/mol. The predicted octanol–water partition coefficient (Wildman–Crippen LogP) is 3.55. The average molecular weight is 281 g/mol. The number of hydrogen-bond acceptors (Lipinski definition) is 2. The summed E-state index contributed by atoms with van der Waals surface area (Å²) in [5.74, 6) is 0.0600. The summed E-state index contributed by atoms with van der Waals surface area (Å²) in [6.45, 7) is 2.04. The number of hydrogen-bond donors (Lipinski definition) is 1. The molecule has 21 heavy (non-hydrogen) atoms. The molecule has 1 N–H and O–H groups in total. The second kappa shape index (κ2) is 7.39. The van der Waals surface area contributed by atoms with Gasteiger partial charge in [-0.3, -0.25) is 9.59 Å². The highest BCUT2D eigenvalue weighted by atomic mass is 16.1. The van der Waals surface area contributed by atoms with E-state index < -0.39 is 0 Å². The quantitative estimate of drug-likeness (QED) is 0.650. The van der Waals surface area contributed by atoms with E-state index in [0.717, 1.165) is 17.6 Å². The Balaban J connectivity index is 2.04. The van der Waals surface area contributed by atoms with Crippen LogP contribution in [-0.4, -0.2) is 10.8 Å². The lowest BCUT2D eigenvalue weighted by Gasteiger charge is -2.03. The number of rotatable bonds is 6. The van der Waals surface area contributed by atoms with Gasteiger partial charge in [0.1, 0.15) is 0 Å². The van der Waals surface area contributed by atoms with Crippen LogP contribution in [0.2, 0.25) is 0 Å². The Morgan fingerprint density at radius 2 is 2.05 bits per heavy atom. The molecule has 0 saturated carbocycles. The molecule has 0 atom stereocenters. The number of fused-ring (bicyclic) bond motifs is 1. The minimum Gasteiger partial charge on any atom is -0.358 e. The molecule has 3 nitrogen and oxygen atoms in total. The molecule has 2 aromatic rings. The monoisotopic (exact) mass is 281 g/mol. The maximum absolute atomic E-state index is 12.0. The minimum absolute atomic E-state index is 0.00628. The first-order valence-corrected chi connectivity index (χ1v) is 7.17. The number of aromatic amines is 1. The summed E-state index contributed by atoms with van der Waals surface area (Å²) >= 11 is 0. The summed E-state index contributed by atoms with van der Waals surface area (Å²) in [4.78, 5) is 26.9. The van der Waals surface area contributed by atoms with Crippen molar-refractivity contribution in [1.82, 2.24) is 4.98 Å². The number of allylic oxidation sites excluding steroid dienone is 4. The predicted molar refractivity (Wildman–Crippen MR) is 86.5 cm³/mol. The van der Waals surface area contributed by atoms with Crippen LogP contribution in [0.25, 0.3) is 10.9 Å². The molecule has 0 amide bonds. The number of aryl methyl sites for hydroxylation is 1. The molecule has 3 heteroatoms. The van der Waals surface area contributed by atoms with Crippen LogP contribution in [-0.2, 0) is 11.2 Å². The molecule has 0 bridgehead atoms. The summed E-state index contributed by atoms with van der Waals surface area (Å²) < 4.78 is 0. The lowest BCUT2D eigenvalue weighted by molar-refractivity contribution is -0.114. The molecule has 0 aliphatic heterocycles. The lowest BCUT2D eigenvalue weighted by atomic mass is 10.1. The number of para-hydroxylation sites is 1. The molecule has 2 rings (SSSR count). The van der Waals surface area contributed by atoms with Gasteiger partial charge in [-0.15, -0.1) is 0 Å². The summed E-state index contributed by atoms with van der Waals surface area (Å²) in [6.07, 6.45) is 9.09. The summed E-state index contributed by atoms with van der Waals surface area (Å²) in [5.41, 5.74) is 1.60. The second-order valence-corrected chi connectivity index (χ2v) is 4.87. The number of H-pyrrole nitrogens is 1. The molecule has 1 heterocycles. The van der Waals surface area contributed by atoms with Crippen molar-refractivity contribution in [2.24, 2.45) is 0 Å². The Morgan fingerprint density at radius 1 is 1.24 bits per heavy atom. The van der Waals surface area contributed by atoms with Crippen LogP contribution in [0.15, 0.2) is 59.4 Å². The minimum atomic E-state index is -0.00628. The molecule has 0 aliphatic rings. The van der Waals surface area contributed by atoms with Gasteiger partial charge in [0.05, 0.1) is 0 Å². The van der Waals surface area contributed by atoms with Gasteiger partial charge < -0.3 is 4.98 Å². The summed E-state index contributed by atoms with van der Waals surface area (Å²) in [6, 6.07) is 8.98. The summed E-state index contributed by atoms with van der Waals surface area (Å²) in [7, 11) is 0. The Hall–Kier alpha value is -2.42. The largest absolute Gasteiger partial charge is 0.358 e. The fourth-order valence-corrected chi connectivity index (χ4v) is 2.11. The van der Waals surface area contributed by atoms with Crippen molar-refractivity contribution in [3.63, 3.8) is 0 Å². The zero-order chi connectivity index (χ0) is 15.1. The standard InChI is InChI=1S/C18H19NO2/c1-2-3-4-5-8-15(20)12-11-14-13-18(21)16-9-6-7-10-17(16)19-14/h3-10,13H,2,11-12H2,1H3,(H,19,21)/b4-3-,8-5+. The first-order valence-electron chi connectivity index (χ1n) is 7.17. The van der Waals surface area contributed by atoms with Crippen LogP contribution in [0.4, 0.5) is 0 Å². The maximum Gasteiger partial charge on any atom is 0.189 e. The highest BCUT2D eigenvalue weighted by molar-refractivity contribution is 5.90. The number of ketones is 1. The van der Waals surface area contributed by atoms with Crippen molar-refractivity contribution in [2.75, 3.05) is 0 Å². The number of carbonyl (C=O) groups excluding carboxylic acids is 1. The van der Waals surface area contributed by atoms with Gasteiger partial charge in [-0.1, -0.05) is 37.3 Å². The third kappa shape index (κ3) is 4.28. The van der Waals surface area contributed by atoms with E-state index in [-0.39, 0.29) is 11.2 Å². The van der Waals surface area contributed by atoms with Crippen LogP contribution in [0, 0.1) is 0 Å². The second-order valence-electron chi connectivity index (χ2n) is 4.87. The Bertz CT molecular complexity index is 738. The van der Waals surface area contributed by atoms with Gasteiger partial charge in [-0.2, -0.15) is 0 Å². The zero-order valence-electron chi connectivity index (χ0n) is 12.1. The van der Waals surface area contributed by atoms with Gasteiger partial charge >= 0.3 is 0 Å². The number of benzene rings is 1. The number of aromatic nitrogens is 1. The number of nitrogens with one attached hydrogen (secondary N) is 1. The van der Waals surface area contributed by atoms with Crippen LogP contribution >= 0.6 is 0 Å². The maximum atomic E-state index is 12.0. The van der Waals surface area contributed by atoms with E-state index in [0.29, 0.717) is 18.2 Å². The van der Waals surface area contributed by atoms with Gasteiger partial charge in [0.25, 0.3) is 0 Å². The number of carbonyl (C=O) groups is 1. The average Bonchev–Trinajstić information content (AvgIpc) is 2.50. The Labute approximate surface area is 124 Å². The molecular formula is C18H19NO2. The molecule has 0 spiro atoms. The fraction of sp³-hybridized carbons (Fsp3) is 0.222. The van der Waals surface area contributed by atoms with E-state index in [9.17, 15) is 9.59 Å². The third-order valence-corrected chi connectivity index (χ3v) is 3.20. The SMILES string of the molecule is CC/C=C\C=C\C(=O)CCc1cc(=O)c2ccccc2[nH]1. The zero-order valence-corrected chi connectivity index (χ0v) is 12.1. The molecule has 0 unspecified atom stereocenters. The van der Waals surface area contributed by atoms with E-state index in [1.165, 1.54) is 0 Å². The highest BCUT2D eigenvalue weighted by Gasteiger charge is 2.03. The van der Waals surface area contributed by atoms with Gasteiger partial charge in [0.15, 0.2) is 11.2 Å². The van der Waals surface area contributed by atoms with Crippen molar-refractivity contribution >= 4 is 16.7 Å². The van der Waals surface area contributed by atoms with Crippen LogP contribution < -0.4 is 5.43 Å².